The van der Waals surface area contributed by atoms with E-state index in [2.05, 4.69) is 19.6 Å². The molecule has 1 fully saturated rings. The molecule has 0 amide bonds. The minimum atomic E-state index is -1.41. The molecule has 1 aliphatic rings. The molecule has 0 radical (unpaired) electrons. The summed E-state index contributed by atoms with van der Waals surface area (Å²) < 4.78 is 0. The van der Waals surface area contributed by atoms with Gasteiger partial charge in [-0.05, 0) is 12.8 Å². The molecule has 0 spiro atoms. The van der Waals surface area contributed by atoms with E-state index in [0.29, 0.717) is 0 Å². The highest BCUT2D eigenvalue weighted by molar-refractivity contribution is 5.73. The predicted octanol–water partition coefficient (Wildman–Crippen LogP) is 1.27. The molecule has 0 aromatic heterocycles. The zero-order valence-electron chi connectivity index (χ0n) is 8.55. The van der Waals surface area contributed by atoms with Gasteiger partial charge in [-0.2, -0.15) is 4.79 Å². The van der Waals surface area contributed by atoms with E-state index in [9.17, 15) is 14.4 Å². The zero-order chi connectivity index (χ0) is 11.8. The average molecular weight is 232 g/mol. The highest BCUT2D eigenvalue weighted by atomic mass is 17.3. The maximum Gasteiger partial charge on any atom is 0.591 e. The second-order valence-electron chi connectivity index (χ2n) is 3.35. The van der Waals surface area contributed by atoms with Crippen molar-refractivity contribution in [2.24, 2.45) is 5.92 Å². The summed E-state index contributed by atoms with van der Waals surface area (Å²) in [5.41, 5.74) is 0. The molecular weight excluding hydrogens is 220 g/mol. The lowest BCUT2D eigenvalue weighted by Gasteiger charge is -2.17. The fourth-order valence-corrected chi connectivity index (χ4v) is 1.55. The lowest BCUT2D eigenvalue weighted by molar-refractivity contribution is -0.289. The van der Waals surface area contributed by atoms with Crippen molar-refractivity contribution in [3.63, 3.8) is 0 Å². The summed E-state index contributed by atoms with van der Waals surface area (Å²) in [6.45, 7) is -0.107. The molecule has 1 aliphatic carbocycles. The van der Waals surface area contributed by atoms with Crippen molar-refractivity contribution in [3.8, 4) is 0 Å². The molecule has 0 aromatic carbocycles. The summed E-state index contributed by atoms with van der Waals surface area (Å²) >= 11 is 0. The summed E-state index contributed by atoms with van der Waals surface area (Å²) in [6, 6.07) is 0. The molecule has 0 N–H and O–H groups in total. The van der Waals surface area contributed by atoms with Crippen molar-refractivity contribution in [3.05, 3.63) is 0 Å². The first-order chi connectivity index (χ1) is 7.74. The van der Waals surface area contributed by atoms with Gasteiger partial charge in [-0.3, -0.25) is 4.79 Å². The second-order valence-corrected chi connectivity index (χ2v) is 3.35. The van der Waals surface area contributed by atoms with Gasteiger partial charge in [-0.1, -0.05) is 19.3 Å². The van der Waals surface area contributed by atoms with Crippen LogP contribution in [0.2, 0.25) is 0 Å². The van der Waals surface area contributed by atoms with Gasteiger partial charge in [0.05, 0.1) is 5.92 Å². The Balaban J connectivity index is 2.18. The van der Waals surface area contributed by atoms with E-state index in [1.54, 1.807) is 0 Å². The van der Waals surface area contributed by atoms with Gasteiger partial charge in [-0.15, -0.1) is 0 Å². The van der Waals surface area contributed by atoms with Crippen LogP contribution >= 0.6 is 0 Å². The lowest BCUT2D eigenvalue weighted by atomic mass is 9.89. The van der Waals surface area contributed by atoms with Crippen LogP contribution in [0.3, 0.4) is 0 Å². The summed E-state index contributed by atoms with van der Waals surface area (Å²) in [7, 11) is 0. The fourth-order valence-electron chi connectivity index (χ4n) is 1.55. The third-order valence-electron chi connectivity index (χ3n) is 2.29. The van der Waals surface area contributed by atoms with Crippen LogP contribution in [0.4, 0.5) is 4.79 Å². The van der Waals surface area contributed by atoms with Crippen LogP contribution in [0.5, 0.6) is 0 Å². The molecule has 7 heteroatoms. The van der Waals surface area contributed by atoms with Gasteiger partial charge in [0.2, 0.25) is 0 Å². The Morgan fingerprint density at radius 2 is 1.69 bits per heavy atom. The molecular formula is C9H12O7. The van der Waals surface area contributed by atoms with Crippen LogP contribution in [0.25, 0.3) is 0 Å². The van der Waals surface area contributed by atoms with Crippen LogP contribution in [0.1, 0.15) is 32.1 Å². The van der Waals surface area contributed by atoms with E-state index >= 15 is 0 Å². The molecule has 0 saturated heterocycles. The Bertz CT molecular complexity index is 257. The van der Waals surface area contributed by atoms with E-state index in [0.717, 1.165) is 32.1 Å². The number of carbonyl (C=O) groups is 3. The minimum absolute atomic E-state index is 0.107. The smallest absolute Gasteiger partial charge is 0.251 e. The van der Waals surface area contributed by atoms with Crippen LogP contribution in [-0.2, 0) is 29.1 Å². The highest BCUT2D eigenvalue weighted by Gasteiger charge is 2.25. The number of hydrogen-bond donors (Lipinski definition) is 0. The van der Waals surface area contributed by atoms with Crippen molar-refractivity contribution in [2.75, 3.05) is 0 Å². The third-order valence-corrected chi connectivity index (χ3v) is 2.29. The standard InChI is InChI=1S/C9H12O7/c10-6-13-15-9(12)16-14-8(11)7-4-2-1-3-5-7/h6-7H,1-5H2. The summed E-state index contributed by atoms with van der Waals surface area (Å²) in [4.78, 5) is 47.1. The van der Waals surface area contributed by atoms with Crippen LogP contribution in [0.15, 0.2) is 0 Å². The molecule has 16 heavy (non-hydrogen) atoms. The first-order valence-corrected chi connectivity index (χ1v) is 4.93. The normalized spacial score (nSPS) is 16.0. The van der Waals surface area contributed by atoms with Crippen molar-refractivity contribution in [1.29, 1.82) is 0 Å². The third kappa shape index (κ3) is 4.16. The van der Waals surface area contributed by atoms with Crippen molar-refractivity contribution in [2.45, 2.75) is 32.1 Å². The number of carbonyl (C=O) groups excluding carboxylic acids is 3. The number of hydrogen-bond acceptors (Lipinski definition) is 7. The Morgan fingerprint density at radius 1 is 1.00 bits per heavy atom. The molecule has 7 nitrogen and oxygen atoms in total. The predicted molar refractivity (Wildman–Crippen MR) is 47.4 cm³/mol. The summed E-state index contributed by atoms with van der Waals surface area (Å²) in [5.74, 6) is -0.851. The van der Waals surface area contributed by atoms with Crippen LogP contribution in [-0.4, -0.2) is 18.6 Å². The van der Waals surface area contributed by atoms with Gasteiger partial charge in [0, 0.05) is 0 Å². The molecule has 0 unspecified atom stereocenters. The first kappa shape index (κ1) is 12.3. The average Bonchev–Trinajstić information content (AvgIpc) is 2.34. The first-order valence-electron chi connectivity index (χ1n) is 4.93. The molecule has 90 valence electrons. The molecule has 0 atom stereocenters. The molecule has 0 bridgehead atoms. The van der Waals surface area contributed by atoms with E-state index in [1.807, 2.05) is 0 Å². The zero-order valence-corrected chi connectivity index (χ0v) is 8.55. The fraction of sp³-hybridized carbons (Fsp3) is 0.667. The van der Waals surface area contributed by atoms with E-state index in [-0.39, 0.29) is 12.4 Å². The van der Waals surface area contributed by atoms with Crippen molar-refractivity contribution < 1.29 is 33.9 Å². The molecule has 0 aliphatic heterocycles. The van der Waals surface area contributed by atoms with Gasteiger partial charge < -0.3 is 0 Å². The monoisotopic (exact) mass is 232 g/mol. The van der Waals surface area contributed by atoms with Gasteiger partial charge in [-0.25, -0.2) is 24.3 Å². The van der Waals surface area contributed by atoms with Gasteiger partial charge >= 0.3 is 18.6 Å². The van der Waals surface area contributed by atoms with Gasteiger partial charge in [0.15, 0.2) is 0 Å². The Morgan fingerprint density at radius 3 is 2.31 bits per heavy atom. The summed E-state index contributed by atoms with van der Waals surface area (Å²) in [5, 5.41) is 0. The van der Waals surface area contributed by atoms with Gasteiger partial charge in [0.25, 0.3) is 0 Å². The quantitative estimate of drug-likeness (QED) is 0.411. The Labute approximate surface area is 91.5 Å². The SMILES string of the molecule is O=COOC(=O)OOC(=O)C1CCCCC1. The second kappa shape index (κ2) is 6.65. The number of rotatable bonds is 3. The topological polar surface area (TPSA) is 88.1 Å². The van der Waals surface area contributed by atoms with E-state index in [4.69, 9.17) is 0 Å². The summed E-state index contributed by atoms with van der Waals surface area (Å²) in [6.07, 6.45) is 3.05. The van der Waals surface area contributed by atoms with Crippen molar-refractivity contribution in [1.82, 2.24) is 0 Å². The Hall–Kier alpha value is -1.79. The van der Waals surface area contributed by atoms with E-state index < -0.39 is 12.1 Å². The maximum absolute atomic E-state index is 11.3. The van der Waals surface area contributed by atoms with Crippen molar-refractivity contribution >= 4 is 18.6 Å². The molecule has 1 saturated carbocycles. The molecule has 1 rings (SSSR count). The van der Waals surface area contributed by atoms with Crippen LogP contribution < -0.4 is 0 Å². The minimum Gasteiger partial charge on any atom is -0.251 e. The highest BCUT2D eigenvalue weighted by Crippen LogP contribution is 2.24. The van der Waals surface area contributed by atoms with E-state index in [1.165, 1.54) is 0 Å². The largest absolute Gasteiger partial charge is 0.591 e. The molecule has 0 aromatic rings. The molecule has 0 heterocycles. The van der Waals surface area contributed by atoms with Gasteiger partial charge in [0.1, 0.15) is 0 Å². The Kier molecular flexibility index (Phi) is 5.10. The van der Waals surface area contributed by atoms with Crippen LogP contribution in [0, 0.1) is 5.92 Å². The lowest BCUT2D eigenvalue weighted by Crippen LogP contribution is -2.22. The maximum atomic E-state index is 11.3.